The Morgan fingerprint density at radius 2 is 2.04 bits per heavy atom. The van der Waals surface area contributed by atoms with Crippen molar-refractivity contribution in [2.24, 2.45) is 10.1 Å². The molecule has 3 nitrogen and oxygen atoms in total. The van der Waals surface area contributed by atoms with Crippen LogP contribution < -0.4 is 4.80 Å². The second kappa shape index (κ2) is 7.76. The zero-order valence-corrected chi connectivity index (χ0v) is 16.3. The first-order chi connectivity index (χ1) is 12.0. The van der Waals surface area contributed by atoms with E-state index in [1.165, 1.54) is 11.1 Å². The van der Waals surface area contributed by atoms with Crippen LogP contribution in [0.1, 0.15) is 23.6 Å². The van der Waals surface area contributed by atoms with Crippen LogP contribution in [-0.4, -0.2) is 17.4 Å². The van der Waals surface area contributed by atoms with Gasteiger partial charge in [0.05, 0.1) is 18.5 Å². The number of nitrogens with zero attached hydrogens (tertiary/aromatic N) is 3. The van der Waals surface area contributed by atoms with Gasteiger partial charge in [-0.05, 0) is 54.8 Å². The fourth-order valence-corrected chi connectivity index (χ4v) is 3.74. The first-order valence-corrected chi connectivity index (χ1v) is 9.86. The summed E-state index contributed by atoms with van der Waals surface area (Å²) in [4.78, 5) is 5.54. The second-order valence-corrected chi connectivity index (χ2v) is 7.71. The predicted octanol–water partition coefficient (Wildman–Crippen LogP) is 5.25. The summed E-state index contributed by atoms with van der Waals surface area (Å²) in [5.74, 6) is 0. The van der Waals surface area contributed by atoms with Gasteiger partial charge < -0.3 is 0 Å². The molecule has 0 bridgehead atoms. The quantitative estimate of drug-likeness (QED) is 0.435. The molecule has 0 radical (unpaired) electrons. The van der Waals surface area contributed by atoms with Crippen LogP contribution in [0.25, 0.3) is 11.3 Å². The minimum Gasteiger partial charge on any atom is -0.253 e. The number of rotatable bonds is 5. The zero-order valence-electron chi connectivity index (χ0n) is 14.7. The van der Waals surface area contributed by atoms with E-state index in [1.807, 2.05) is 17.8 Å². The highest BCUT2D eigenvalue weighted by molar-refractivity contribution is 7.08. The Kier molecular flexibility index (Phi) is 5.46. The van der Waals surface area contributed by atoms with Crippen LogP contribution >= 0.6 is 22.7 Å². The SMILES string of the molecule is C=C(C)CN=c1scc(-c2ccc(C)c(C)c2)n1N=Cc1ccsc1. The lowest BCUT2D eigenvalue weighted by molar-refractivity contribution is 0.836. The number of hydrogen-bond donors (Lipinski definition) is 0. The molecule has 1 aromatic carbocycles. The lowest BCUT2D eigenvalue weighted by atomic mass is 10.1. The Labute approximate surface area is 156 Å². The molecule has 3 aromatic rings. The van der Waals surface area contributed by atoms with Gasteiger partial charge in [0.1, 0.15) is 0 Å². The third-order valence-electron chi connectivity index (χ3n) is 3.84. The minimum absolute atomic E-state index is 0.612. The third-order valence-corrected chi connectivity index (χ3v) is 5.39. The first kappa shape index (κ1) is 17.6. The Morgan fingerprint density at radius 1 is 1.20 bits per heavy atom. The van der Waals surface area contributed by atoms with E-state index in [0.29, 0.717) is 6.54 Å². The molecular weight excluding hydrogens is 346 g/mol. The lowest BCUT2D eigenvalue weighted by Crippen LogP contribution is -2.13. The summed E-state index contributed by atoms with van der Waals surface area (Å²) in [6.07, 6.45) is 1.88. The van der Waals surface area contributed by atoms with E-state index in [0.717, 1.165) is 27.2 Å². The van der Waals surface area contributed by atoms with Crippen LogP contribution in [-0.2, 0) is 0 Å². The van der Waals surface area contributed by atoms with E-state index in [4.69, 9.17) is 5.10 Å². The largest absolute Gasteiger partial charge is 0.253 e. The van der Waals surface area contributed by atoms with Gasteiger partial charge >= 0.3 is 0 Å². The van der Waals surface area contributed by atoms with Gasteiger partial charge in [0.15, 0.2) is 0 Å². The molecule has 0 atom stereocenters. The van der Waals surface area contributed by atoms with Gasteiger partial charge in [0, 0.05) is 16.5 Å². The Hall–Kier alpha value is -2.24. The van der Waals surface area contributed by atoms with Gasteiger partial charge in [-0.1, -0.05) is 24.3 Å². The molecular formula is C20H21N3S2. The van der Waals surface area contributed by atoms with E-state index in [9.17, 15) is 0 Å². The maximum atomic E-state index is 4.70. The Morgan fingerprint density at radius 3 is 2.72 bits per heavy atom. The predicted molar refractivity (Wildman–Crippen MR) is 110 cm³/mol. The molecule has 2 aromatic heterocycles. The van der Waals surface area contributed by atoms with Crippen LogP contribution in [0.15, 0.2) is 62.7 Å². The van der Waals surface area contributed by atoms with Gasteiger partial charge in [-0.25, -0.2) is 4.68 Å². The molecule has 0 amide bonds. The lowest BCUT2D eigenvalue weighted by Gasteiger charge is -2.06. The smallest absolute Gasteiger partial charge is 0.206 e. The fourth-order valence-electron chi connectivity index (χ4n) is 2.29. The molecule has 25 heavy (non-hydrogen) atoms. The van der Waals surface area contributed by atoms with Crippen molar-refractivity contribution in [1.29, 1.82) is 0 Å². The molecule has 5 heteroatoms. The monoisotopic (exact) mass is 367 g/mol. The molecule has 0 aliphatic carbocycles. The van der Waals surface area contributed by atoms with Gasteiger partial charge in [-0.3, -0.25) is 4.99 Å². The van der Waals surface area contributed by atoms with Crippen LogP contribution in [0.5, 0.6) is 0 Å². The maximum Gasteiger partial charge on any atom is 0.206 e. The van der Waals surface area contributed by atoms with E-state index in [1.54, 1.807) is 22.7 Å². The van der Waals surface area contributed by atoms with Crippen molar-refractivity contribution in [3.63, 3.8) is 0 Å². The summed E-state index contributed by atoms with van der Waals surface area (Å²) in [7, 11) is 0. The van der Waals surface area contributed by atoms with E-state index < -0.39 is 0 Å². The average molecular weight is 368 g/mol. The Bertz CT molecular complexity index is 973. The van der Waals surface area contributed by atoms with Gasteiger partial charge in [-0.15, -0.1) is 11.3 Å². The number of aromatic nitrogens is 1. The van der Waals surface area contributed by atoms with Crippen molar-refractivity contribution >= 4 is 28.9 Å². The van der Waals surface area contributed by atoms with Crippen LogP contribution in [0.2, 0.25) is 0 Å². The van der Waals surface area contributed by atoms with Crippen molar-refractivity contribution in [3.05, 3.63) is 74.0 Å². The molecule has 0 aliphatic heterocycles. The Balaban J connectivity index is 2.09. The number of thiophene rings is 1. The van der Waals surface area contributed by atoms with E-state index in [-0.39, 0.29) is 0 Å². The normalized spacial score (nSPS) is 12.2. The van der Waals surface area contributed by atoms with Crippen molar-refractivity contribution < 1.29 is 0 Å². The number of thiazole rings is 1. The topological polar surface area (TPSA) is 29.6 Å². The van der Waals surface area contributed by atoms with Crippen molar-refractivity contribution in [2.45, 2.75) is 20.8 Å². The molecule has 3 rings (SSSR count). The maximum absolute atomic E-state index is 4.70. The van der Waals surface area contributed by atoms with Gasteiger partial charge in [-0.2, -0.15) is 16.4 Å². The van der Waals surface area contributed by atoms with Crippen molar-refractivity contribution in [2.75, 3.05) is 6.54 Å². The first-order valence-electron chi connectivity index (χ1n) is 8.04. The molecule has 0 saturated carbocycles. The van der Waals surface area contributed by atoms with E-state index in [2.05, 4.69) is 65.8 Å². The summed E-state index contributed by atoms with van der Waals surface area (Å²) in [6.45, 7) is 10.8. The molecule has 0 aliphatic rings. The minimum atomic E-state index is 0.612. The van der Waals surface area contributed by atoms with Crippen LogP contribution in [0.4, 0.5) is 0 Å². The standard InChI is InChI=1S/C20H21N3S2/c1-14(2)10-21-20-23(22-11-17-7-8-24-12-17)19(13-25-20)18-6-5-15(3)16(4)9-18/h5-9,11-13H,1,10H2,2-4H3. The molecule has 0 unspecified atom stereocenters. The van der Waals surface area contributed by atoms with E-state index >= 15 is 0 Å². The van der Waals surface area contributed by atoms with Crippen molar-refractivity contribution in [1.82, 2.24) is 4.68 Å². The van der Waals surface area contributed by atoms with Crippen LogP contribution in [0.3, 0.4) is 0 Å². The third kappa shape index (κ3) is 4.24. The average Bonchev–Trinajstić information content (AvgIpc) is 3.22. The molecule has 0 spiro atoms. The molecule has 2 heterocycles. The molecule has 0 saturated heterocycles. The molecule has 0 N–H and O–H groups in total. The summed E-state index contributed by atoms with van der Waals surface area (Å²) in [6, 6.07) is 8.56. The number of hydrogen-bond acceptors (Lipinski definition) is 4. The van der Waals surface area contributed by atoms with Crippen molar-refractivity contribution in [3.8, 4) is 11.3 Å². The number of benzene rings is 1. The zero-order chi connectivity index (χ0) is 17.8. The summed E-state index contributed by atoms with van der Waals surface area (Å²) < 4.78 is 1.93. The summed E-state index contributed by atoms with van der Waals surface area (Å²) in [5.41, 5.74) is 6.91. The van der Waals surface area contributed by atoms with Gasteiger partial charge in [0.2, 0.25) is 4.80 Å². The highest BCUT2D eigenvalue weighted by Gasteiger charge is 2.08. The summed E-state index contributed by atoms with van der Waals surface area (Å²) in [5, 5.41) is 10.9. The molecule has 0 fully saturated rings. The molecule has 128 valence electrons. The summed E-state index contributed by atoms with van der Waals surface area (Å²) >= 11 is 3.27. The number of aryl methyl sites for hydroxylation is 2. The highest BCUT2D eigenvalue weighted by Crippen LogP contribution is 2.23. The highest BCUT2D eigenvalue weighted by atomic mass is 32.1. The van der Waals surface area contributed by atoms with Crippen LogP contribution in [0, 0.1) is 13.8 Å². The second-order valence-electron chi connectivity index (χ2n) is 6.09. The fraction of sp³-hybridized carbons (Fsp3) is 0.200. The van der Waals surface area contributed by atoms with Gasteiger partial charge in [0.25, 0.3) is 0 Å².